The summed E-state index contributed by atoms with van der Waals surface area (Å²) in [6, 6.07) is 0. The van der Waals surface area contributed by atoms with Gasteiger partial charge in [-0.2, -0.15) is 0 Å². The van der Waals surface area contributed by atoms with Crippen molar-refractivity contribution < 1.29 is 43.0 Å². The van der Waals surface area contributed by atoms with Crippen molar-refractivity contribution in [2.75, 3.05) is 33.0 Å². The number of hydrogen-bond donors (Lipinski definition) is 3. The van der Waals surface area contributed by atoms with Crippen molar-refractivity contribution in [2.45, 2.75) is 199 Å². The van der Waals surface area contributed by atoms with E-state index < -0.39 is 39.2 Å². The third-order valence-corrected chi connectivity index (χ3v) is 10.6. The number of aliphatic hydroxyl groups excluding tert-OH is 2. The summed E-state index contributed by atoms with van der Waals surface area (Å²) in [5.74, 6) is -0.391. The lowest BCUT2D eigenvalue weighted by molar-refractivity contribution is -0.154. The summed E-state index contributed by atoms with van der Waals surface area (Å²) >= 11 is 0. The molecule has 0 aromatic rings. The Labute approximate surface area is 361 Å². The second-order valence-corrected chi connectivity index (χ2v) is 16.9. The Kier molecular flexibility index (Phi) is 43.8. The quantitative estimate of drug-likeness (QED) is 0.0237. The fourth-order valence-corrected chi connectivity index (χ4v) is 6.91. The number of phosphoric acid groups is 1. The number of ether oxygens (including phenoxy) is 2. The molecule has 0 aliphatic rings. The number of hydrogen-bond acceptors (Lipinski definition) is 8. The molecule has 59 heavy (non-hydrogen) atoms. The van der Waals surface area contributed by atoms with Crippen molar-refractivity contribution in [3.8, 4) is 0 Å². The average molecular weight is 851 g/mol. The van der Waals surface area contributed by atoms with Gasteiger partial charge in [0.15, 0.2) is 0 Å². The number of allylic oxidation sites excluding steroid dienone is 12. The maximum absolute atomic E-state index is 12.6. The van der Waals surface area contributed by atoms with Gasteiger partial charge in [0.05, 0.1) is 26.4 Å². The summed E-state index contributed by atoms with van der Waals surface area (Å²) in [7, 11) is -4.53. The lowest BCUT2D eigenvalue weighted by Crippen LogP contribution is -2.29. The Morgan fingerprint density at radius 2 is 0.966 bits per heavy atom. The Morgan fingerprint density at radius 3 is 1.46 bits per heavy atom. The predicted octanol–water partition coefficient (Wildman–Crippen LogP) is 13.3. The van der Waals surface area contributed by atoms with Crippen LogP contribution >= 0.6 is 7.82 Å². The zero-order valence-electron chi connectivity index (χ0n) is 37.4. The minimum atomic E-state index is -4.53. The van der Waals surface area contributed by atoms with Crippen LogP contribution in [0.15, 0.2) is 72.9 Å². The SMILES string of the molecule is CC/C=C\C/C=C\C/C=C\C/C=C\C/C=C\C/C=C\CCCCCCCOCC(COP(=O)(O)OCC(O)CO)OC(=O)CCCCCCCCCCCCCCCC. The fraction of sp³-hybridized carbons (Fsp3) is 0.735. The Hall–Kier alpha value is -2.10. The molecule has 0 bridgehead atoms. The fourth-order valence-electron chi connectivity index (χ4n) is 6.12. The molecule has 9 nitrogen and oxygen atoms in total. The third-order valence-electron chi connectivity index (χ3n) is 9.66. The molecule has 0 rings (SSSR count). The predicted molar refractivity (Wildman–Crippen MR) is 246 cm³/mol. The van der Waals surface area contributed by atoms with Gasteiger partial charge in [-0.05, 0) is 64.2 Å². The number of carbonyl (C=O) groups excluding carboxylic acids is 1. The molecule has 3 N–H and O–H groups in total. The standard InChI is InChI=1S/C49H87O9P/c1-3-5-7-9-11-13-15-17-19-20-21-22-23-24-25-26-27-28-30-32-34-36-38-40-42-55-45-48(46-57-59(53,54)56-44-47(51)43-50)58-49(52)41-39-37-35-33-31-29-18-16-14-12-10-8-6-4-2/h5,7,11,13,17,19,21-22,24-25,27-28,47-48,50-51H,3-4,6,8-10,12,14-16,18,20,23,26,29-46H2,1-2H3,(H,53,54)/b7-5-,13-11-,19-17-,22-21-,25-24-,28-27-. The summed E-state index contributed by atoms with van der Waals surface area (Å²) in [6.45, 7) is 3.36. The van der Waals surface area contributed by atoms with E-state index in [2.05, 4.69) is 86.8 Å². The molecule has 0 aliphatic carbocycles. The molecule has 0 radical (unpaired) electrons. The maximum atomic E-state index is 12.6. The van der Waals surface area contributed by atoms with Gasteiger partial charge in [0.2, 0.25) is 0 Å². The summed E-state index contributed by atoms with van der Waals surface area (Å²) < 4.78 is 33.4. The molecule has 0 aliphatic heterocycles. The van der Waals surface area contributed by atoms with Crippen LogP contribution in [0.25, 0.3) is 0 Å². The average Bonchev–Trinajstić information content (AvgIpc) is 3.23. The van der Waals surface area contributed by atoms with Crippen molar-refractivity contribution in [1.82, 2.24) is 0 Å². The highest BCUT2D eigenvalue weighted by molar-refractivity contribution is 7.47. The minimum absolute atomic E-state index is 0.0342. The summed E-state index contributed by atoms with van der Waals surface area (Å²) in [5, 5.41) is 18.4. The number of phosphoric ester groups is 1. The molecule has 0 heterocycles. The van der Waals surface area contributed by atoms with Crippen LogP contribution in [0.1, 0.15) is 187 Å². The molecule has 0 fully saturated rings. The van der Waals surface area contributed by atoms with E-state index in [1.165, 1.54) is 70.6 Å². The van der Waals surface area contributed by atoms with Crippen LogP contribution in [-0.4, -0.2) is 66.3 Å². The molecular formula is C49H87O9P. The van der Waals surface area contributed by atoms with E-state index in [0.29, 0.717) is 6.61 Å². The van der Waals surface area contributed by atoms with Crippen LogP contribution in [0.4, 0.5) is 0 Å². The van der Waals surface area contributed by atoms with Gasteiger partial charge in [-0.25, -0.2) is 4.57 Å². The van der Waals surface area contributed by atoms with Gasteiger partial charge in [0, 0.05) is 13.0 Å². The number of unbranched alkanes of at least 4 members (excludes halogenated alkanes) is 18. The Balaban J connectivity index is 4.17. The summed E-state index contributed by atoms with van der Waals surface area (Å²) in [6.07, 6.45) is 54.3. The second-order valence-electron chi connectivity index (χ2n) is 15.4. The van der Waals surface area contributed by atoms with Crippen molar-refractivity contribution in [3.63, 3.8) is 0 Å². The van der Waals surface area contributed by atoms with Crippen LogP contribution in [0, 0.1) is 0 Å². The van der Waals surface area contributed by atoms with Crippen molar-refractivity contribution in [3.05, 3.63) is 72.9 Å². The third kappa shape index (κ3) is 45.3. The molecule has 0 aromatic heterocycles. The maximum Gasteiger partial charge on any atom is 0.472 e. The number of aliphatic hydroxyl groups is 2. The first kappa shape index (κ1) is 56.9. The molecule has 0 saturated carbocycles. The first-order chi connectivity index (χ1) is 28.8. The van der Waals surface area contributed by atoms with Gasteiger partial charge in [-0.3, -0.25) is 13.8 Å². The van der Waals surface area contributed by atoms with Gasteiger partial charge in [-0.1, -0.05) is 189 Å². The molecule has 342 valence electrons. The smallest absolute Gasteiger partial charge is 0.457 e. The number of rotatable bonds is 44. The highest BCUT2D eigenvalue weighted by Crippen LogP contribution is 2.43. The highest BCUT2D eigenvalue weighted by atomic mass is 31.2. The zero-order chi connectivity index (χ0) is 43.2. The molecule has 3 unspecified atom stereocenters. The van der Waals surface area contributed by atoms with E-state index in [1.54, 1.807) is 0 Å². The largest absolute Gasteiger partial charge is 0.472 e. The van der Waals surface area contributed by atoms with Crippen LogP contribution < -0.4 is 0 Å². The van der Waals surface area contributed by atoms with Gasteiger partial charge in [0.25, 0.3) is 0 Å². The van der Waals surface area contributed by atoms with E-state index in [1.807, 2.05) is 0 Å². The van der Waals surface area contributed by atoms with Crippen molar-refractivity contribution in [1.29, 1.82) is 0 Å². The lowest BCUT2D eigenvalue weighted by atomic mass is 10.0. The van der Waals surface area contributed by atoms with Gasteiger partial charge in [0.1, 0.15) is 12.2 Å². The number of carbonyl (C=O) groups is 1. The van der Waals surface area contributed by atoms with E-state index >= 15 is 0 Å². The molecule has 0 spiro atoms. The molecule has 10 heteroatoms. The highest BCUT2D eigenvalue weighted by Gasteiger charge is 2.26. The molecule has 3 atom stereocenters. The van der Waals surface area contributed by atoms with Gasteiger partial charge < -0.3 is 24.6 Å². The zero-order valence-corrected chi connectivity index (χ0v) is 38.3. The number of esters is 1. The van der Waals surface area contributed by atoms with Crippen molar-refractivity contribution >= 4 is 13.8 Å². The first-order valence-electron chi connectivity index (χ1n) is 23.4. The molecule has 0 amide bonds. The topological polar surface area (TPSA) is 132 Å². The van der Waals surface area contributed by atoms with Gasteiger partial charge >= 0.3 is 13.8 Å². The molecular weight excluding hydrogens is 764 g/mol. The van der Waals surface area contributed by atoms with Crippen LogP contribution in [0.2, 0.25) is 0 Å². The van der Waals surface area contributed by atoms with E-state index in [-0.39, 0.29) is 19.6 Å². The Bertz CT molecular complexity index is 1150. The van der Waals surface area contributed by atoms with Crippen LogP contribution in [0.3, 0.4) is 0 Å². The second kappa shape index (κ2) is 45.4. The Morgan fingerprint density at radius 1 is 0.542 bits per heavy atom. The van der Waals surface area contributed by atoms with Gasteiger partial charge in [-0.15, -0.1) is 0 Å². The first-order valence-corrected chi connectivity index (χ1v) is 24.9. The van der Waals surface area contributed by atoms with Crippen molar-refractivity contribution in [2.24, 2.45) is 0 Å². The molecule has 0 aromatic carbocycles. The van der Waals surface area contributed by atoms with E-state index in [9.17, 15) is 19.4 Å². The lowest BCUT2D eigenvalue weighted by Gasteiger charge is -2.20. The van der Waals surface area contributed by atoms with E-state index in [4.69, 9.17) is 23.6 Å². The minimum Gasteiger partial charge on any atom is -0.457 e. The normalized spacial score (nSPS) is 14.6. The van der Waals surface area contributed by atoms with Crippen LogP contribution in [-0.2, 0) is 27.9 Å². The summed E-state index contributed by atoms with van der Waals surface area (Å²) in [5.41, 5.74) is 0. The monoisotopic (exact) mass is 851 g/mol. The van der Waals surface area contributed by atoms with Crippen LogP contribution in [0.5, 0.6) is 0 Å². The molecule has 0 saturated heterocycles. The summed E-state index contributed by atoms with van der Waals surface area (Å²) in [4.78, 5) is 22.6. The van der Waals surface area contributed by atoms with E-state index in [0.717, 1.165) is 96.3 Å².